The van der Waals surface area contributed by atoms with E-state index in [0.29, 0.717) is 0 Å². The van der Waals surface area contributed by atoms with E-state index < -0.39 is 0 Å². The van der Waals surface area contributed by atoms with Crippen LogP contribution in [0.15, 0.2) is 24.3 Å². The van der Waals surface area contributed by atoms with Crippen LogP contribution in [0.3, 0.4) is 0 Å². The summed E-state index contributed by atoms with van der Waals surface area (Å²) >= 11 is 0. The van der Waals surface area contributed by atoms with Gasteiger partial charge in [0.25, 0.3) is 0 Å². The number of benzene rings is 1. The molecule has 0 aromatic heterocycles. The molecule has 0 amide bonds. The Labute approximate surface area is 104 Å². The molecule has 1 fully saturated rings. The van der Waals surface area contributed by atoms with E-state index >= 15 is 0 Å². The maximum atomic E-state index is 5.84. The van der Waals surface area contributed by atoms with Crippen molar-refractivity contribution in [1.82, 2.24) is 5.32 Å². The number of hydrogen-bond donors (Lipinski definition) is 1. The molecule has 0 saturated carbocycles. The standard InChI is InChI=1S/C15H23NO/c1-3-13-6-4-5-7-14(13)12-15(17-2)8-10-16-11-9-15/h4-7,16H,3,8-12H2,1-2H3. The summed E-state index contributed by atoms with van der Waals surface area (Å²) in [5.41, 5.74) is 2.97. The van der Waals surface area contributed by atoms with Gasteiger partial charge in [-0.3, -0.25) is 0 Å². The van der Waals surface area contributed by atoms with E-state index in [1.165, 1.54) is 11.1 Å². The van der Waals surface area contributed by atoms with E-state index in [4.69, 9.17) is 4.74 Å². The van der Waals surface area contributed by atoms with Crippen LogP contribution in [-0.2, 0) is 17.6 Å². The highest BCUT2D eigenvalue weighted by Crippen LogP contribution is 2.28. The fraction of sp³-hybridized carbons (Fsp3) is 0.600. The lowest BCUT2D eigenvalue weighted by Gasteiger charge is -2.37. The predicted octanol–water partition coefficient (Wildman–Crippen LogP) is 2.56. The summed E-state index contributed by atoms with van der Waals surface area (Å²) in [6.45, 7) is 4.37. The second kappa shape index (κ2) is 5.65. The minimum absolute atomic E-state index is 0.0521. The highest BCUT2D eigenvalue weighted by molar-refractivity contribution is 5.28. The zero-order chi connectivity index (χ0) is 12.1. The van der Waals surface area contributed by atoms with Gasteiger partial charge in [0, 0.05) is 13.5 Å². The van der Waals surface area contributed by atoms with Gasteiger partial charge in [-0.05, 0) is 43.5 Å². The van der Waals surface area contributed by atoms with Gasteiger partial charge in [-0.2, -0.15) is 0 Å². The van der Waals surface area contributed by atoms with Gasteiger partial charge >= 0.3 is 0 Å². The average Bonchev–Trinajstić information content (AvgIpc) is 2.40. The number of piperidine rings is 1. The molecule has 1 aromatic carbocycles. The first-order valence-corrected chi connectivity index (χ1v) is 6.62. The van der Waals surface area contributed by atoms with Gasteiger partial charge in [-0.15, -0.1) is 0 Å². The number of nitrogens with one attached hydrogen (secondary N) is 1. The van der Waals surface area contributed by atoms with Gasteiger partial charge in [-0.1, -0.05) is 31.2 Å². The molecule has 2 rings (SSSR count). The molecule has 0 radical (unpaired) electrons. The number of aryl methyl sites for hydroxylation is 1. The smallest absolute Gasteiger partial charge is 0.0743 e. The van der Waals surface area contributed by atoms with Crippen molar-refractivity contribution in [2.75, 3.05) is 20.2 Å². The summed E-state index contributed by atoms with van der Waals surface area (Å²) < 4.78 is 5.84. The van der Waals surface area contributed by atoms with Gasteiger partial charge in [0.05, 0.1) is 5.60 Å². The van der Waals surface area contributed by atoms with Crippen molar-refractivity contribution in [3.05, 3.63) is 35.4 Å². The third-order valence-electron chi connectivity index (χ3n) is 3.96. The molecule has 0 unspecified atom stereocenters. The Morgan fingerprint density at radius 1 is 1.18 bits per heavy atom. The monoisotopic (exact) mass is 233 g/mol. The normalized spacial score (nSPS) is 19.2. The van der Waals surface area contributed by atoms with Crippen molar-refractivity contribution in [1.29, 1.82) is 0 Å². The van der Waals surface area contributed by atoms with Crippen LogP contribution in [0.1, 0.15) is 30.9 Å². The van der Waals surface area contributed by atoms with Gasteiger partial charge in [0.15, 0.2) is 0 Å². The molecule has 1 heterocycles. The molecule has 1 aliphatic heterocycles. The second-order valence-corrected chi connectivity index (χ2v) is 4.94. The largest absolute Gasteiger partial charge is 0.378 e. The Bertz CT molecular complexity index is 356. The van der Waals surface area contributed by atoms with Crippen molar-refractivity contribution in [2.24, 2.45) is 0 Å². The van der Waals surface area contributed by atoms with E-state index in [9.17, 15) is 0 Å². The van der Waals surface area contributed by atoms with Crippen LogP contribution in [0.4, 0.5) is 0 Å². The molecule has 0 spiro atoms. The van der Waals surface area contributed by atoms with Crippen LogP contribution < -0.4 is 5.32 Å². The van der Waals surface area contributed by atoms with Crippen LogP contribution in [0.5, 0.6) is 0 Å². The minimum Gasteiger partial charge on any atom is -0.378 e. The molecule has 0 bridgehead atoms. The van der Waals surface area contributed by atoms with Gasteiger partial charge in [0.1, 0.15) is 0 Å². The third kappa shape index (κ3) is 2.88. The maximum absolute atomic E-state index is 5.84. The predicted molar refractivity (Wildman–Crippen MR) is 71.4 cm³/mol. The van der Waals surface area contributed by atoms with Crippen molar-refractivity contribution in [2.45, 2.75) is 38.2 Å². The lowest BCUT2D eigenvalue weighted by Crippen LogP contribution is -2.45. The number of rotatable bonds is 4. The quantitative estimate of drug-likeness (QED) is 0.863. The van der Waals surface area contributed by atoms with Gasteiger partial charge in [0.2, 0.25) is 0 Å². The molecular formula is C15H23NO. The van der Waals surface area contributed by atoms with Crippen molar-refractivity contribution in [3.8, 4) is 0 Å². The Kier molecular flexibility index (Phi) is 4.19. The Balaban J connectivity index is 2.17. The minimum atomic E-state index is 0.0521. The van der Waals surface area contributed by atoms with Crippen molar-refractivity contribution in [3.63, 3.8) is 0 Å². The van der Waals surface area contributed by atoms with E-state index in [0.717, 1.165) is 38.8 Å². The highest BCUT2D eigenvalue weighted by atomic mass is 16.5. The first-order valence-electron chi connectivity index (χ1n) is 6.62. The summed E-state index contributed by atoms with van der Waals surface area (Å²) in [6, 6.07) is 8.75. The van der Waals surface area contributed by atoms with Crippen LogP contribution in [0, 0.1) is 0 Å². The molecule has 2 nitrogen and oxygen atoms in total. The summed E-state index contributed by atoms with van der Waals surface area (Å²) in [4.78, 5) is 0. The molecular weight excluding hydrogens is 210 g/mol. The lowest BCUT2D eigenvalue weighted by atomic mass is 9.84. The van der Waals surface area contributed by atoms with Gasteiger partial charge < -0.3 is 10.1 Å². The van der Waals surface area contributed by atoms with E-state index in [2.05, 4.69) is 36.5 Å². The highest BCUT2D eigenvalue weighted by Gasteiger charge is 2.32. The molecule has 1 saturated heterocycles. The summed E-state index contributed by atoms with van der Waals surface area (Å²) in [5, 5.41) is 3.41. The molecule has 1 aliphatic rings. The van der Waals surface area contributed by atoms with E-state index in [1.807, 2.05) is 7.11 Å². The zero-order valence-electron chi connectivity index (χ0n) is 11.0. The van der Waals surface area contributed by atoms with Crippen LogP contribution >= 0.6 is 0 Å². The fourth-order valence-electron chi connectivity index (χ4n) is 2.76. The maximum Gasteiger partial charge on any atom is 0.0743 e. The lowest BCUT2D eigenvalue weighted by molar-refractivity contribution is -0.0334. The molecule has 2 heteroatoms. The topological polar surface area (TPSA) is 21.3 Å². The summed E-state index contributed by atoms with van der Waals surface area (Å²) in [7, 11) is 1.86. The Morgan fingerprint density at radius 3 is 2.41 bits per heavy atom. The SMILES string of the molecule is CCc1ccccc1CC1(OC)CCNCC1. The number of hydrogen-bond acceptors (Lipinski definition) is 2. The molecule has 1 aromatic rings. The average molecular weight is 233 g/mol. The molecule has 94 valence electrons. The third-order valence-corrected chi connectivity index (χ3v) is 3.96. The van der Waals surface area contributed by atoms with E-state index in [-0.39, 0.29) is 5.60 Å². The summed E-state index contributed by atoms with van der Waals surface area (Å²) in [6.07, 6.45) is 4.38. The fourth-order valence-corrected chi connectivity index (χ4v) is 2.76. The first-order chi connectivity index (χ1) is 8.29. The molecule has 1 N–H and O–H groups in total. The Hall–Kier alpha value is -0.860. The van der Waals surface area contributed by atoms with Crippen LogP contribution in [0.25, 0.3) is 0 Å². The van der Waals surface area contributed by atoms with Crippen molar-refractivity contribution < 1.29 is 4.74 Å². The van der Waals surface area contributed by atoms with Crippen LogP contribution in [-0.4, -0.2) is 25.8 Å². The number of methoxy groups -OCH3 is 1. The molecule has 0 atom stereocenters. The van der Waals surface area contributed by atoms with Crippen molar-refractivity contribution >= 4 is 0 Å². The number of ether oxygens (including phenoxy) is 1. The molecule has 17 heavy (non-hydrogen) atoms. The van der Waals surface area contributed by atoms with Gasteiger partial charge in [-0.25, -0.2) is 0 Å². The van der Waals surface area contributed by atoms with E-state index in [1.54, 1.807) is 0 Å². The zero-order valence-corrected chi connectivity index (χ0v) is 11.0. The first kappa shape index (κ1) is 12.6. The molecule has 0 aliphatic carbocycles. The summed E-state index contributed by atoms with van der Waals surface area (Å²) in [5.74, 6) is 0. The Morgan fingerprint density at radius 2 is 1.82 bits per heavy atom. The van der Waals surface area contributed by atoms with Crippen LogP contribution in [0.2, 0.25) is 0 Å². The second-order valence-electron chi connectivity index (χ2n) is 4.94.